The molecule has 0 atom stereocenters. The summed E-state index contributed by atoms with van der Waals surface area (Å²) in [6, 6.07) is 11.2. The van der Waals surface area contributed by atoms with Crippen molar-refractivity contribution in [2.24, 2.45) is 0 Å². The predicted octanol–water partition coefficient (Wildman–Crippen LogP) is 1.77. The number of hydrogen-bond donors (Lipinski definition) is 3. The minimum Gasteiger partial charge on any atom is -0.493 e. The summed E-state index contributed by atoms with van der Waals surface area (Å²) in [4.78, 5) is 46.9. The molecule has 1 aliphatic heterocycles. The van der Waals surface area contributed by atoms with Gasteiger partial charge in [-0.15, -0.1) is 0 Å². The molecule has 5 amide bonds. The van der Waals surface area contributed by atoms with E-state index in [0.29, 0.717) is 22.7 Å². The number of anilines is 1. The van der Waals surface area contributed by atoms with Crippen LogP contribution in [0.3, 0.4) is 0 Å². The quantitative estimate of drug-likeness (QED) is 0.494. The number of carbonyl (C=O) groups is 4. The fourth-order valence-corrected chi connectivity index (χ4v) is 2.64. The summed E-state index contributed by atoms with van der Waals surface area (Å²) in [6.07, 6.45) is 1.31. The summed E-state index contributed by atoms with van der Waals surface area (Å²) in [7, 11) is 1.42. The van der Waals surface area contributed by atoms with Crippen molar-refractivity contribution in [3.05, 3.63) is 59.2 Å². The van der Waals surface area contributed by atoms with E-state index in [4.69, 9.17) is 9.47 Å². The van der Waals surface area contributed by atoms with Gasteiger partial charge in [0.2, 0.25) is 0 Å². The third-order valence-electron chi connectivity index (χ3n) is 4.14. The highest BCUT2D eigenvalue weighted by Gasteiger charge is 2.27. The van der Waals surface area contributed by atoms with Crippen LogP contribution in [0.2, 0.25) is 0 Å². The molecule has 0 unspecified atom stereocenters. The molecule has 9 nitrogen and oxygen atoms in total. The standard InChI is InChI=1S/C21H19N3O6/c1-12-3-6-14(7-4-12)22-18(25)11-30-16-8-5-13(10-17(16)29-2)9-15-19(26)23-21(28)24-20(15)27/h3-10H,11H2,1-2H3,(H,22,25)(H2,23,24,26,27,28). The van der Waals surface area contributed by atoms with Gasteiger partial charge >= 0.3 is 6.03 Å². The molecule has 0 bridgehead atoms. The van der Waals surface area contributed by atoms with Crippen LogP contribution in [-0.2, 0) is 14.4 Å². The van der Waals surface area contributed by atoms with Crippen LogP contribution >= 0.6 is 0 Å². The molecule has 0 spiro atoms. The van der Waals surface area contributed by atoms with Crippen molar-refractivity contribution >= 4 is 35.5 Å². The number of nitrogens with one attached hydrogen (secondary N) is 3. The van der Waals surface area contributed by atoms with Crippen molar-refractivity contribution in [2.75, 3.05) is 19.0 Å². The third kappa shape index (κ3) is 5.02. The lowest BCUT2D eigenvalue weighted by molar-refractivity contribution is -0.124. The number of amides is 5. The first kappa shape index (κ1) is 20.6. The molecule has 30 heavy (non-hydrogen) atoms. The van der Waals surface area contributed by atoms with Gasteiger partial charge in [0.15, 0.2) is 18.1 Å². The number of hydrogen-bond acceptors (Lipinski definition) is 6. The average molecular weight is 409 g/mol. The summed E-state index contributed by atoms with van der Waals surface area (Å²) in [5.74, 6) is -1.31. The lowest BCUT2D eigenvalue weighted by atomic mass is 10.1. The van der Waals surface area contributed by atoms with Crippen LogP contribution in [0.5, 0.6) is 11.5 Å². The summed E-state index contributed by atoms with van der Waals surface area (Å²) >= 11 is 0. The molecule has 1 fully saturated rings. The Morgan fingerprint density at radius 2 is 1.67 bits per heavy atom. The molecule has 0 saturated carbocycles. The Kier molecular flexibility index (Phi) is 6.11. The molecule has 154 valence electrons. The van der Waals surface area contributed by atoms with Gasteiger partial charge in [0, 0.05) is 5.69 Å². The van der Waals surface area contributed by atoms with Crippen molar-refractivity contribution in [3.8, 4) is 11.5 Å². The molecule has 0 aliphatic carbocycles. The smallest absolute Gasteiger partial charge is 0.328 e. The number of benzene rings is 2. The SMILES string of the molecule is COc1cc(C=C2C(=O)NC(=O)NC2=O)ccc1OCC(=O)Nc1ccc(C)cc1. The molecule has 1 saturated heterocycles. The second kappa shape index (κ2) is 8.91. The van der Waals surface area contributed by atoms with Crippen LogP contribution in [0, 0.1) is 6.92 Å². The van der Waals surface area contributed by atoms with E-state index in [1.807, 2.05) is 29.7 Å². The van der Waals surface area contributed by atoms with Crippen molar-refractivity contribution in [2.45, 2.75) is 6.92 Å². The minimum absolute atomic E-state index is 0.220. The highest BCUT2D eigenvalue weighted by atomic mass is 16.5. The summed E-state index contributed by atoms with van der Waals surface area (Å²) in [5.41, 5.74) is 1.99. The zero-order chi connectivity index (χ0) is 21.7. The van der Waals surface area contributed by atoms with Crippen LogP contribution in [0.25, 0.3) is 6.08 Å². The highest BCUT2D eigenvalue weighted by Crippen LogP contribution is 2.29. The summed E-state index contributed by atoms with van der Waals surface area (Å²) in [5, 5.41) is 6.72. The fraction of sp³-hybridized carbons (Fsp3) is 0.143. The number of imide groups is 2. The first-order chi connectivity index (χ1) is 14.4. The zero-order valence-corrected chi connectivity index (χ0v) is 16.3. The highest BCUT2D eigenvalue weighted by molar-refractivity contribution is 6.31. The van der Waals surface area contributed by atoms with Gasteiger partial charge in [-0.3, -0.25) is 25.0 Å². The van der Waals surface area contributed by atoms with Crippen molar-refractivity contribution in [3.63, 3.8) is 0 Å². The second-order valence-electron chi connectivity index (χ2n) is 6.41. The molecule has 1 heterocycles. The Bertz CT molecular complexity index is 1020. The van der Waals surface area contributed by atoms with Crippen LogP contribution in [-0.4, -0.2) is 37.5 Å². The Morgan fingerprint density at radius 1 is 1.00 bits per heavy atom. The monoisotopic (exact) mass is 409 g/mol. The van der Waals surface area contributed by atoms with Gasteiger partial charge in [0.25, 0.3) is 17.7 Å². The van der Waals surface area contributed by atoms with E-state index in [0.717, 1.165) is 5.56 Å². The van der Waals surface area contributed by atoms with Gasteiger partial charge in [-0.25, -0.2) is 4.79 Å². The molecule has 0 aromatic heterocycles. The van der Waals surface area contributed by atoms with E-state index >= 15 is 0 Å². The van der Waals surface area contributed by atoms with Gasteiger partial charge in [-0.1, -0.05) is 23.8 Å². The van der Waals surface area contributed by atoms with Crippen molar-refractivity contribution < 1.29 is 28.7 Å². The lowest BCUT2D eigenvalue weighted by Crippen LogP contribution is -2.51. The average Bonchev–Trinajstić information content (AvgIpc) is 2.71. The number of carbonyl (C=O) groups excluding carboxylic acids is 4. The van der Waals surface area contributed by atoms with Crippen LogP contribution in [0.4, 0.5) is 10.5 Å². The topological polar surface area (TPSA) is 123 Å². The minimum atomic E-state index is -0.868. The number of ether oxygens (including phenoxy) is 2. The molecule has 2 aromatic rings. The van der Waals surface area contributed by atoms with Gasteiger partial charge in [0.05, 0.1) is 7.11 Å². The Morgan fingerprint density at radius 3 is 2.30 bits per heavy atom. The van der Waals surface area contributed by atoms with E-state index in [2.05, 4.69) is 5.32 Å². The molecule has 3 N–H and O–H groups in total. The van der Waals surface area contributed by atoms with E-state index in [9.17, 15) is 19.2 Å². The molecule has 0 radical (unpaired) electrons. The zero-order valence-electron chi connectivity index (χ0n) is 16.3. The molecule has 1 aliphatic rings. The first-order valence-corrected chi connectivity index (χ1v) is 8.91. The van der Waals surface area contributed by atoms with Gasteiger partial charge in [-0.2, -0.15) is 0 Å². The van der Waals surface area contributed by atoms with Crippen molar-refractivity contribution in [1.29, 1.82) is 0 Å². The lowest BCUT2D eigenvalue weighted by Gasteiger charge is -2.14. The number of methoxy groups -OCH3 is 1. The maximum Gasteiger partial charge on any atom is 0.328 e. The van der Waals surface area contributed by atoms with Crippen LogP contribution in [0.1, 0.15) is 11.1 Å². The van der Waals surface area contributed by atoms with E-state index in [-0.39, 0.29) is 18.1 Å². The molecule has 9 heteroatoms. The number of barbiturate groups is 1. The summed E-state index contributed by atoms with van der Waals surface area (Å²) in [6.45, 7) is 1.71. The van der Waals surface area contributed by atoms with E-state index < -0.39 is 17.8 Å². The number of rotatable bonds is 6. The number of urea groups is 1. The second-order valence-corrected chi connectivity index (χ2v) is 6.41. The van der Waals surface area contributed by atoms with Gasteiger partial charge < -0.3 is 14.8 Å². The number of aryl methyl sites for hydroxylation is 1. The Labute approximate surface area is 172 Å². The first-order valence-electron chi connectivity index (χ1n) is 8.91. The molecule has 2 aromatic carbocycles. The maximum absolute atomic E-state index is 12.1. The molecular weight excluding hydrogens is 390 g/mol. The van der Waals surface area contributed by atoms with Gasteiger partial charge in [-0.05, 0) is 42.8 Å². The van der Waals surface area contributed by atoms with Crippen LogP contribution < -0.4 is 25.4 Å². The largest absolute Gasteiger partial charge is 0.493 e. The van der Waals surface area contributed by atoms with Crippen LogP contribution in [0.15, 0.2) is 48.0 Å². The summed E-state index contributed by atoms with van der Waals surface area (Å²) < 4.78 is 10.8. The Balaban J connectivity index is 1.68. The molecular formula is C21H19N3O6. The van der Waals surface area contributed by atoms with Crippen molar-refractivity contribution in [1.82, 2.24) is 10.6 Å². The molecule has 3 rings (SSSR count). The Hall–Kier alpha value is -4.14. The fourth-order valence-electron chi connectivity index (χ4n) is 2.64. The third-order valence-corrected chi connectivity index (χ3v) is 4.14. The maximum atomic E-state index is 12.1. The van der Waals surface area contributed by atoms with E-state index in [1.54, 1.807) is 24.3 Å². The predicted molar refractivity (Wildman–Crippen MR) is 108 cm³/mol. The van der Waals surface area contributed by atoms with E-state index in [1.165, 1.54) is 19.3 Å². The van der Waals surface area contributed by atoms with Gasteiger partial charge in [0.1, 0.15) is 5.57 Å². The normalized spacial score (nSPS) is 13.3.